The van der Waals surface area contributed by atoms with Gasteiger partial charge in [0, 0.05) is 5.69 Å². The Morgan fingerprint density at radius 1 is 1.14 bits per heavy atom. The highest BCUT2D eigenvalue weighted by Gasteiger charge is 2.32. The molecule has 1 N–H and O–H groups in total. The number of halogens is 1. The minimum Gasteiger partial charge on any atom is -0.466 e. The average Bonchev–Trinajstić information content (AvgIpc) is 3.28. The molecule has 29 heavy (non-hydrogen) atoms. The molecule has 0 bridgehead atoms. The van der Waals surface area contributed by atoms with Crippen molar-refractivity contribution in [2.24, 2.45) is 0 Å². The van der Waals surface area contributed by atoms with Crippen LogP contribution in [0.15, 0.2) is 52.3 Å². The van der Waals surface area contributed by atoms with Gasteiger partial charge in [-0.15, -0.1) is 0 Å². The minimum absolute atomic E-state index is 0.0155. The summed E-state index contributed by atoms with van der Waals surface area (Å²) >= 11 is 6.20. The van der Waals surface area contributed by atoms with Crippen LogP contribution in [-0.4, -0.2) is 45.4 Å². The molecule has 0 saturated carbocycles. The normalized spacial score (nSPS) is 13.8. The van der Waals surface area contributed by atoms with Crippen molar-refractivity contribution in [3.05, 3.63) is 58.6 Å². The van der Waals surface area contributed by atoms with Crippen molar-refractivity contribution in [2.45, 2.75) is 0 Å². The zero-order chi connectivity index (χ0) is 21.0. The maximum Gasteiger partial charge on any atom is 0.355 e. The van der Waals surface area contributed by atoms with Crippen LogP contribution >= 0.6 is 11.6 Å². The maximum absolute atomic E-state index is 12.4. The highest BCUT2D eigenvalue weighted by Crippen LogP contribution is 2.32. The van der Waals surface area contributed by atoms with E-state index in [0.29, 0.717) is 5.69 Å². The number of esters is 2. The van der Waals surface area contributed by atoms with E-state index >= 15 is 0 Å². The van der Waals surface area contributed by atoms with Crippen LogP contribution in [0.1, 0.15) is 10.6 Å². The molecule has 9 nitrogen and oxygen atoms in total. The van der Waals surface area contributed by atoms with Gasteiger partial charge < -0.3 is 28.8 Å². The first-order chi connectivity index (χ1) is 14.0. The molecule has 0 spiro atoms. The number of amides is 1. The van der Waals surface area contributed by atoms with E-state index in [4.69, 9.17) is 30.2 Å². The average molecular weight is 421 g/mol. The lowest BCUT2D eigenvalue weighted by atomic mass is 10.1. The van der Waals surface area contributed by atoms with Crippen molar-refractivity contribution in [2.75, 3.05) is 37.8 Å². The summed E-state index contributed by atoms with van der Waals surface area (Å²) in [6, 6.07) is 7.77. The van der Waals surface area contributed by atoms with E-state index < -0.39 is 17.8 Å². The van der Waals surface area contributed by atoms with Gasteiger partial charge in [-0.25, -0.2) is 9.59 Å². The Morgan fingerprint density at radius 2 is 1.90 bits per heavy atom. The Labute approximate surface area is 170 Å². The fourth-order valence-corrected chi connectivity index (χ4v) is 2.88. The first-order valence-corrected chi connectivity index (χ1v) is 8.73. The molecule has 0 aliphatic carbocycles. The Balaban J connectivity index is 1.99. The van der Waals surface area contributed by atoms with Gasteiger partial charge in [0.15, 0.2) is 5.76 Å². The van der Waals surface area contributed by atoms with Crippen LogP contribution < -0.4 is 10.2 Å². The van der Waals surface area contributed by atoms with Crippen LogP contribution in [0.2, 0.25) is 5.02 Å². The van der Waals surface area contributed by atoms with E-state index in [-0.39, 0.29) is 41.1 Å². The van der Waals surface area contributed by atoms with Crippen LogP contribution in [0.4, 0.5) is 11.4 Å². The van der Waals surface area contributed by atoms with Crippen LogP contribution in [-0.2, 0) is 23.8 Å². The van der Waals surface area contributed by atoms with Gasteiger partial charge in [0.1, 0.15) is 12.4 Å². The molecule has 0 atom stereocenters. The van der Waals surface area contributed by atoms with Crippen LogP contribution in [0.25, 0.3) is 0 Å². The number of nitrogens with one attached hydrogen (secondary N) is 1. The lowest BCUT2D eigenvalue weighted by molar-refractivity contribution is -0.140. The maximum atomic E-state index is 12.4. The predicted octanol–water partition coefficient (Wildman–Crippen LogP) is 2.58. The third kappa shape index (κ3) is 4.25. The molecule has 0 radical (unpaired) electrons. The highest BCUT2D eigenvalue weighted by molar-refractivity contribution is 6.34. The fraction of sp³-hybridized carbons (Fsp3) is 0.211. The zero-order valence-electron chi connectivity index (χ0n) is 15.6. The van der Waals surface area contributed by atoms with Crippen LogP contribution in [0.3, 0.4) is 0 Å². The predicted molar refractivity (Wildman–Crippen MR) is 102 cm³/mol. The van der Waals surface area contributed by atoms with Gasteiger partial charge in [-0.05, 0) is 30.3 Å². The SMILES string of the molecule is COC(=O)C1=C(C(=O)OC)N(c2ccc(Cl)c(NC(=O)c3ccco3)c2)COC1. The van der Waals surface area contributed by atoms with E-state index in [1.165, 1.54) is 43.6 Å². The van der Waals surface area contributed by atoms with Crippen LogP contribution in [0.5, 0.6) is 0 Å². The molecule has 2 aromatic rings. The summed E-state index contributed by atoms with van der Waals surface area (Å²) in [5.74, 6) is -1.83. The third-order valence-electron chi connectivity index (χ3n) is 4.09. The first kappa shape index (κ1) is 20.4. The van der Waals surface area contributed by atoms with E-state index in [9.17, 15) is 14.4 Å². The number of hydrogen-bond donors (Lipinski definition) is 1. The van der Waals surface area contributed by atoms with Crippen molar-refractivity contribution < 1.29 is 33.0 Å². The van der Waals surface area contributed by atoms with E-state index in [0.717, 1.165) is 0 Å². The summed E-state index contributed by atoms with van der Waals surface area (Å²) in [6.07, 6.45) is 1.37. The highest BCUT2D eigenvalue weighted by atomic mass is 35.5. The molecule has 1 aliphatic rings. The topological polar surface area (TPSA) is 107 Å². The molecule has 1 aromatic carbocycles. The number of furan rings is 1. The molecule has 0 fully saturated rings. The Kier molecular flexibility index (Phi) is 6.20. The summed E-state index contributed by atoms with van der Waals surface area (Å²) in [7, 11) is 2.41. The molecule has 152 valence electrons. The largest absolute Gasteiger partial charge is 0.466 e. The van der Waals surface area contributed by atoms with Crippen LogP contribution in [0, 0.1) is 0 Å². The number of methoxy groups -OCH3 is 2. The van der Waals surface area contributed by atoms with Gasteiger partial charge in [-0.2, -0.15) is 0 Å². The Bertz CT molecular complexity index is 969. The van der Waals surface area contributed by atoms with Gasteiger partial charge in [-0.1, -0.05) is 11.6 Å². The number of hydrogen-bond acceptors (Lipinski definition) is 8. The molecule has 0 unspecified atom stereocenters. The third-order valence-corrected chi connectivity index (χ3v) is 4.42. The molecule has 1 aromatic heterocycles. The molecular weight excluding hydrogens is 404 g/mol. The molecule has 3 rings (SSSR count). The second-order valence-corrected chi connectivity index (χ2v) is 6.22. The first-order valence-electron chi connectivity index (χ1n) is 8.35. The number of nitrogens with zero attached hydrogens (tertiary/aromatic N) is 1. The van der Waals surface area contributed by atoms with Crippen molar-refractivity contribution in [1.29, 1.82) is 0 Å². The summed E-state index contributed by atoms with van der Waals surface area (Å²) in [4.78, 5) is 38.2. The minimum atomic E-state index is -0.732. The number of ether oxygens (including phenoxy) is 3. The second kappa shape index (κ2) is 8.80. The van der Waals surface area contributed by atoms with Crippen molar-refractivity contribution in [1.82, 2.24) is 0 Å². The summed E-state index contributed by atoms with van der Waals surface area (Å²) < 4.78 is 20.1. The summed E-state index contributed by atoms with van der Waals surface area (Å²) in [5, 5.41) is 2.91. The molecule has 2 heterocycles. The second-order valence-electron chi connectivity index (χ2n) is 5.81. The van der Waals surface area contributed by atoms with Gasteiger partial charge in [0.05, 0.1) is 43.4 Å². The standard InChI is InChI=1S/C19H17ClN2O7/c1-26-18(24)12-9-28-10-22(16(12)19(25)27-2)11-5-6-13(20)14(8-11)21-17(23)15-4-3-7-29-15/h3-8H,9-10H2,1-2H3,(H,21,23). The number of anilines is 2. The van der Waals surface area contributed by atoms with Crippen molar-refractivity contribution >= 4 is 40.8 Å². The monoisotopic (exact) mass is 420 g/mol. The summed E-state index contributed by atoms with van der Waals surface area (Å²) in [5.41, 5.74) is 0.712. The van der Waals surface area contributed by atoms with Gasteiger partial charge in [-0.3, -0.25) is 4.79 Å². The Morgan fingerprint density at radius 3 is 2.55 bits per heavy atom. The number of carbonyl (C=O) groups is 3. The fourth-order valence-electron chi connectivity index (χ4n) is 2.72. The quantitative estimate of drug-likeness (QED) is 0.735. The molecule has 0 saturated heterocycles. The number of rotatable bonds is 5. The molecule has 1 amide bonds. The number of carbonyl (C=O) groups excluding carboxylic acids is 3. The van der Waals surface area contributed by atoms with E-state index in [1.54, 1.807) is 12.1 Å². The zero-order valence-corrected chi connectivity index (χ0v) is 16.3. The van der Waals surface area contributed by atoms with E-state index in [2.05, 4.69) is 5.32 Å². The number of benzene rings is 1. The van der Waals surface area contributed by atoms with Gasteiger partial charge >= 0.3 is 11.9 Å². The van der Waals surface area contributed by atoms with Gasteiger partial charge in [0.2, 0.25) is 0 Å². The molecule has 10 heteroatoms. The Hall–Kier alpha value is -3.30. The van der Waals surface area contributed by atoms with E-state index in [1.807, 2.05) is 0 Å². The smallest absolute Gasteiger partial charge is 0.355 e. The molecular formula is C19H17ClN2O7. The van der Waals surface area contributed by atoms with Crippen molar-refractivity contribution in [3.8, 4) is 0 Å². The molecule has 1 aliphatic heterocycles. The lowest BCUT2D eigenvalue weighted by Gasteiger charge is -2.31. The summed E-state index contributed by atoms with van der Waals surface area (Å²) in [6.45, 7) is -0.137. The lowest BCUT2D eigenvalue weighted by Crippen LogP contribution is -2.38. The van der Waals surface area contributed by atoms with Crippen molar-refractivity contribution in [3.63, 3.8) is 0 Å². The van der Waals surface area contributed by atoms with Gasteiger partial charge in [0.25, 0.3) is 5.91 Å².